The van der Waals surface area contributed by atoms with E-state index >= 15 is 0 Å². The Kier molecular flexibility index (Phi) is 5.51. The third-order valence-electron chi connectivity index (χ3n) is 4.54. The lowest BCUT2D eigenvalue weighted by atomic mass is 10.1. The van der Waals surface area contributed by atoms with Crippen molar-refractivity contribution in [1.29, 1.82) is 0 Å². The summed E-state index contributed by atoms with van der Waals surface area (Å²) in [5, 5.41) is 15.6. The molecule has 3 aromatic rings. The van der Waals surface area contributed by atoms with E-state index in [0.29, 0.717) is 11.4 Å². The molecule has 6 heteroatoms. The van der Waals surface area contributed by atoms with Crippen molar-refractivity contribution in [2.75, 3.05) is 5.32 Å². The highest BCUT2D eigenvalue weighted by molar-refractivity contribution is 7.80. The molecule has 3 rings (SSSR count). The van der Waals surface area contributed by atoms with E-state index in [4.69, 9.17) is 16.6 Å². The molecule has 0 aliphatic heterocycles. The van der Waals surface area contributed by atoms with Gasteiger partial charge in [0.15, 0.2) is 10.9 Å². The fourth-order valence-corrected chi connectivity index (χ4v) is 3.09. The van der Waals surface area contributed by atoms with E-state index in [1.54, 1.807) is 25.1 Å². The molecule has 28 heavy (non-hydrogen) atoms. The molecule has 0 saturated heterocycles. The van der Waals surface area contributed by atoms with Crippen LogP contribution in [0.3, 0.4) is 0 Å². The first-order valence-electron chi connectivity index (χ1n) is 8.84. The number of furan rings is 1. The summed E-state index contributed by atoms with van der Waals surface area (Å²) in [5.74, 6) is 0.398. The molecule has 5 nitrogen and oxygen atoms in total. The van der Waals surface area contributed by atoms with Gasteiger partial charge in [0, 0.05) is 5.56 Å². The minimum Gasteiger partial charge on any atom is -0.505 e. The maximum absolute atomic E-state index is 12.4. The van der Waals surface area contributed by atoms with E-state index < -0.39 is 5.91 Å². The highest BCUT2D eigenvalue weighted by Crippen LogP contribution is 2.28. The molecule has 1 aromatic heterocycles. The Morgan fingerprint density at radius 3 is 2.43 bits per heavy atom. The molecule has 0 bridgehead atoms. The van der Waals surface area contributed by atoms with Gasteiger partial charge >= 0.3 is 0 Å². The SMILES string of the molecule is Cc1cc(C)c(O)c(NC(=S)NC(=O)c2ccc(-c3ccc(C)c(C)c3)o2)c1. The maximum atomic E-state index is 12.4. The monoisotopic (exact) mass is 394 g/mol. The van der Waals surface area contributed by atoms with Gasteiger partial charge in [-0.2, -0.15) is 0 Å². The van der Waals surface area contributed by atoms with Crippen molar-refractivity contribution >= 4 is 28.9 Å². The lowest BCUT2D eigenvalue weighted by molar-refractivity contribution is 0.0951. The molecule has 0 radical (unpaired) electrons. The number of hydrogen-bond donors (Lipinski definition) is 3. The summed E-state index contributed by atoms with van der Waals surface area (Å²) in [6, 6.07) is 13.0. The van der Waals surface area contributed by atoms with E-state index in [1.165, 1.54) is 5.56 Å². The summed E-state index contributed by atoms with van der Waals surface area (Å²) in [7, 11) is 0. The second-order valence-electron chi connectivity index (χ2n) is 6.85. The molecular formula is C22H22N2O3S. The van der Waals surface area contributed by atoms with Crippen LogP contribution in [0.2, 0.25) is 0 Å². The van der Waals surface area contributed by atoms with Crippen LogP contribution >= 0.6 is 12.2 Å². The Balaban J connectivity index is 1.71. The molecule has 0 atom stereocenters. The van der Waals surface area contributed by atoms with Gasteiger partial charge in [-0.25, -0.2) is 0 Å². The van der Waals surface area contributed by atoms with Crippen molar-refractivity contribution in [3.05, 3.63) is 70.5 Å². The van der Waals surface area contributed by atoms with E-state index in [9.17, 15) is 9.90 Å². The predicted molar refractivity (Wildman–Crippen MR) is 115 cm³/mol. The summed E-state index contributed by atoms with van der Waals surface area (Å²) >= 11 is 5.19. The molecule has 3 N–H and O–H groups in total. The van der Waals surface area contributed by atoms with E-state index in [1.807, 2.05) is 45.0 Å². The molecule has 144 valence electrons. The van der Waals surface area contributed by atoms with E-state index in [2.05, 4.69) is 10.6 Å². The van der Waals surface area contributed by atoms with Gasteiger partial charge in [-0.3, -0.25) is 10.1 Å². The molecule has 2 aromatic carbocycles. The first-order valence-corrected chi connectivity index (χ1v) is 9.25. The Bertz CT molecular complexity index is 1070. The zero-order chi connectivity index (χ0) is 20.4. The number of rotatable bonds is 3. The minimum atomic E-state index is -0.462. The number of thiocarbonyl (C=S) groups is 1. The standard InChI is InChI=1S/C22H22N2O3S/c1-12-9-15(4)20(25)17(10-12)23-22(28)24-21(26)19-8-7-18(27-19)16-6-5-13(2)14(3)11-16/h5-11,25H,1-4H3,(H2,23,24,26,28). The van der Waals surface area contributed by atoms with Gasteiger partial charge in [-0.15, -0.1) is 0 Å². The number of hydrogen-bond acceptors (Lipinski definition) is 4. The minimum absolute atomic E-state index is 0.0782. The van der Waals surface area contributed by atoms with Crippen LogP contribution in [0.5, 0.6) is 5.75 Å². The number of phenolic OH excluding ortho intramolecular Hbond substituents is 1. The molecule has 0 aliphatic rings. The molecular weight excluding hydrogens is 372 g/mol. The van der Waals surface area contributed by atoms with E-state index in [-0.39, 0.29) is 16.6 Å². The van der Waals surface area contributed by atoms with Crippen LogP contribution in [0.15, 0.2) is 46.9 Å². The van der Waals surface area contributed by atoms with Crippen LogP contribution < -0.4 is 10.6 Å². The first-order chi connectivity index (χ1) is 13.2. The van der Waals surface area contributed by atoms with Crippen LogP contribution in [0, 0.1) is 27.7 Å². The number of aryl methyl sites for hydroxylation is 4. The highest BCUT2D eigenvalue weighted by atomic mass is 32.1. The maximum Gasteiger partial charge on any atom is 0.293 e. The summed E-state index contributed by atoms with van der Waals surface area (Å²) in [4.78, 5) is 12.4. The number of amides is 1. The average molecular weight is 394 g/mol. The number of nitrogens with one attached hydrogen (secondary N) is 2. The lowest BCUT2D eigenvalue weighted by Crippen LogP contribution is -2.33. The molecule has 0 spiro atoms. The van der Waals surface area contributed by atoms with Gasteiger partial charge in [-0.05, 0) is 86.4 Å². The number of carbonyl (C=O) groups is 1. The van der Waals surface area contributed by atoms with Crippen LogP contribution in [0.1, 0.15) is 32.8 Å². The molecule has 0 aliphatic carbocycles. The van der Waals surface area contributed by atoms with Crippen molar-refractivity contribution in [1.82, 2.24) is 5.32 Å². The van der Waals surface area contributed by atoms with Gasteiger partial charge in [0.25, 0.3) is 5.91 Å². The Morgan fingerprint density at radius 2 is 1.71 bits per heavy atom. The fourth-order valence-electron chi connectivity index (χ4n) is 2.88. The lowest BCUT2D eigenvalue weighted by Gasteiger charge is -2.12. The topological polar surface area (TPSA) is 74.5 Å². The Morgan fingerprint density at radius 1 is 0.964 bits per heavy atom. The largest absolute Gasteiger partial charge is 0.505 e. The molecule has 0 saturated carbocycles. The normalized spacial score (nSPS) is 10.6. The first kappa shape index (κ1) is 19.6. The van der Waals surface area contributed by atoms with Crippen molar-refractivity contribution in [3.63, 3.8) is 0 Å². The van der Waals surface area contributed by atoms with Gasteiger partial charge in [0.05, 0.1) is 5.69 Å². The average Bonchev–Trinajstić information content (AvgIpc) is 3.12. The summed E-state index contributed by atoms with van der Waals surface area (Å²) in [6.45, 7) is 7.78. The second kappa shape index (κ2) is 7.86. The van der Waals surface area contributed by atoms with Gasteiger partial charge in [-0.1, -0.05) is 18.2 Å². The summed E-state index contributed by atoms with van der Waals surface area (Å²) < 4.78 is 5.69. The van der Waals surface area contributed by atoms with Crippen LogP contribution in [0.25, 0.3) is 11.3 Å². The number of carbonyl (C=O) groups excluding carboxylic acids is 1. The van der Waals surface area contributed by atoms with Crippen LogP contribution in [-0.4, -0.2) is 16.1 Å². The molecule has 0 unspecified atom stereocenters. The number of aromatic hydroxyl groups is 1. The number of benzene rings is 2. The quantitative estimate of drug-likeness (QED) is 0.430. The molecule has 0 fully saturated rings. The number of anilines is 1. The van der Waals surface area contributed by atoms with Gasteiger partial charge < -0.3 is 14.8 Å². The van der Waals surface area contributed by atoms with Gasteiger partial charge in [0.1, 0.15) is 11.5 Å². The van der Waals surface area contributed by atoms with Crippen molar-refractivity contribution in [2.45, 2.75) is 27.7 Å². The van der Waals surface area contributed by atoms with Crippen molar-refractivity contribution in [3.8, 4) is 17.1 Å². The van der Waals surface area contributed by atoms with Crippen LogP contribution in [-0.2, 0) is 0 Å². The summed E-state index contributed by atoms with van der Waals surface area (Å²) in [5.41, 5.74) is 5.38. The van der Waals surface area contributed by atoms with Gasteiger partial charge in [0.2, 0.25) is 0 Å². The zero-order valence-corrected chi connectivity index (χ0v) is 17.0. The van der Waals surface area contributed by atoms with E-state index in [0.717, 1.165) is 22.3 Å². The third kappa shape index (κ3) is 4.23. The Hall–Kier alpha value is -3.12. The molecule has 1 amide bonds. The van der Waals surface area contributed by atoms with Crippen LogP contribution in [0.4, 0.5) is 5.69 Å². The van der Waals surface area contributed by atoms with Crippen molar-refractivity contribution in [2.24, 2.45) is 0 Å². The smallest absolute Gasteiger partial charge is 0.293 e. The highest BCUT2D eigenvalue weighted by Gasteiger charge is 2.15. The second-order valence-corrected chi connectivity index (χ2v) is 7.26. The zero-order valence-electron chi connectivity index (χ0n) is 16.2. The third-order valence-corrected chi connectivity index (χ3v) is 4.75. The van der Waals surface area contributed by atoms with Crippen molar-refractivity contribution < 1.29 is 14.3 Å². The summed E-state index contributed by atoms with van der Waals surface area (Å²) in [6.07, 6.45) is 0. The Labute approximate surface area is 169 Å². The predicted octanol–water partition coefficient (Wildman–Crippen LogP) is 5.01. The number of phenols is 1. The fraction of sp³-hybridized carbons (Fsp3) is 0.182. The molecule has 1 heterocycles.